The molecule has 1 aliphatic rings. The van der Waals surface area contributed by atoms with Crippen LogP contribution < -0.4 is 0 Å². The second-order valence-corrected chi connectivity index (χ2v) is 11.2. The van der Waals surface area contributed by atoms with Gasteiger partial charge in [0.1, 0.15) is 6.61 Å². The van der Waals surface area contributed by atoms with Crippen LogP contribution in [0, 0.1) is 6.92 Å². The molecule has 0 radical (unpaired) electrons. The Morgan fingerprint density at radius 2 is 1.72 bits per heavy atom. The van der Waals surface area contributed by atoms with Gasteiger partial charge in [-0.3, -0.25) is 9.69 Å². The maximum Gasteiger partial charge on any atom is 0.416 e. The van der Waals surface area contributed by atoms with Crippen LogP contribution in [0.4, 0.5) is 26.3 Å². The number of aromatic nitrogens is 1. The summed E-state index contributed by atoms with van der Waals surface area (Å²) in [4.78, 5) is 27.7. The molecule has 2 heterocycles. The first kappa shape index (κ1) is 32.3. The first-order chi connectivity index (χ1) is 20.1. The Morgan fingerprint density at radius 1 is 1.05 bits per heavy atom. The molecule has 1 saturated heterocycles. The Balaban J connectivity index is 1.63. The van der Waals surface area contributed by atoms with Gasteiger partial charge in [-0.1, -0.05) is 16.8 Å². The molecular weight excluding hydrogens is 576 g/mol. The van der Waals surface area contributed by atoms with Crippen LogP contribution in [-0.2, 0) is 23.6 Å². The van der Waals surface area contributed by atoms with Crippen molar-refractivity contribution in [3.8, 4) is 0 Å². The van der Waals surface area contributed by atoms with Crippen molar-refractivity contribution in [2.24, 2.45) is 5.16 Å². The van der Waals surface area contributed by atoms with E-state index in [9.17, 15) is 31.1 Å². The van der Waals surface area contributed by atoms with Gasteiger partial charge in [0.25, 0.3) is 5.91 Å². The molecule has 13 heteroatoms. The average Bonchev–Trinajstić information content (AvgIpc) is 3.31. The van der Waals surface area contributed by atoms with Crippen LogP contribution in [0.1, 0.15) is 39.5 Å². The van der Waals surface area contributed by atoms with Gasteiger partial charge in [-0.25, -0.2) is 0 Å². The van der Waals surface area contributed by atoms with Crippen molar-refractivity contribution in [1.82, 2.24) is 19.7 Å². The lowest BCUT2D eigenvalue weighted by molar-refractivity contribution is -0.143. The molecule has 0 spiro atoms. The van der Waals surface area contributed by atoms with Crippen LogP contribution in [0.15, 0.2) is 47.8 Å². The third kappa shape index (κ3) is 8.29. The summed E-state index contributed by atoms with van der Waals surface area (Å²) < 4.78 is 81.3. The molecule has 1 fully saturated rings. The van der Waals surface area contributed by atoms with Gasteiger partial charge in [-0.15, -0.1) is 0 Å². The number of nitrogens with zero attached hydrogens (tertiary/aromatic N) is 4. The predicted molar refractivity (Wildman–Crippen MR) is 152 cm³/mol. The maximum absolute atomic E-state index is 13.7. The molecule has 3 aromatic rings. The fourth-order valence-corrected chi connectivity index (χ4v) is 5.20. The van der Waals surface area contributed by atoms with Crippen molar-refractivity contribution in [2.45, 2.75) is 38.7 Å². The molecule has 0 bridgehead atoms. The Labute approximate surface area is 246 Å². The number of alkyl halides is 6. The molecule has 1 atom stereocenters. The highest BCUT2D eigenvalue weighted by Crippen LogP contribution is 2.37. The van der Waals surface area contributed by atoms with E-state index in [2.05, 4.69) is 15.0 Å². The number of likely N-dealkylation sites (N-methyl/N-ethyl adjacent to an activating group) is 1. The summed E-state index contributed by atoms with van der Waals surface area (Å²) in [6, 6.07) is 6.38. The lowest BCUT2D eigenvalue weighted by atomic mass is 9.98. The van der Waals surface area contributed by atoms with Crippen molar-refractivity contribution < 1.29 is 36.0 Å². The number of aromatic amines is 1. The fourth-order valence-electron chi connectivity index (χ4n) is 5.20. The quantitative estimate of drug-likeness (QED) is 0.143. The van der Waals surface area contributed by atoms with Gasteiger partial charge in [0.2, 0.25) is 0 Å². The number of oxime groups is 1. The number of amides is 1. The van der Waals surface area contributed by atoms with Crippen LogP contribution in [0.2, 0.25) is 0 Å². The van der Waals surface area contributed by atoms with E-state index in [1.165, 1.54) is 4.90 Å². The molecule has 7 nitrogen and oxygen atoms in total. The topological polar surface area (TPSA) is 64.2 Å². The molecule has 1 N–H and O–H groups in total. The van der Waals surface area contributed by atoms with Gasteiger partial charge in [0, 0.05) is 61.4 Å². The Morgan fingerprint density at radius 3 is 2.35 bits per heavy atom. The van der Waals surface area contributed by atoms with Crippen LogP contribution in [0.25, 0.3) is 10.9 Å². The zero-order valence-electron chi connectivity index (χ0n) is 24.4. The largest absolute Gasteiger partial charge is 0.416 e. The molecule has 234 valence electrons. The molecule has 0 aliphatic carbocycles. The van der Waals surface area contributed by atoms with E-state index >= 15 is 0 Å². The molecular formula is C30H35F6N5O2. The molecule has 0 saturated carbocycles. The number of nitrogens with one attached hydrogen (secondary N) is 1. The van der Waals surface area contributed by atoms with Gasteiger partial charge in [-0.05, 0) is 70.3 Å². The van der Waals surface area contributed by atoms with E-state index in [4.69, 9.17) is 4.84 Å². The lowest BCUT2D eigenvalue weighted by Crippen LogP contribution is -2.56. The zero-order chi connectivity index (χ0) is 31.5. The average molecular weight is 612 g/mol. The number of carbonyl (C=O) groups is 1. The second-order valence-electron chi connectivity index (χ2n) is 11.2. The Kier molecular flexibility index (Phi) is 9.75. The number of carbonyl (C=O) groups excluding carboxylic acids is 1. The normalized spacial score (nSPS) is 17.2. The highest BCUT2D eigenvalue weighted by atomic mass is 19.4. The summed E-state index contributed by atoms with van der Waals surface area (Å²) in [5, 5.41) is 5.10. The zero-order valence-corrected chi connectivity index (χ0v) is 24.4. The van der Waals surface area contributed by atoms with Crippen LogP contribution in [0.3, 0.4) is 0 Å². The number of halogens is 6. The fraction of sp³-hybridized carbons (Fsp3) is 0.467. The minimum atomic E-state index is -5.05. The van der Waals surface area contributed by atoms with Gasteiger partial charge >= 0.3 is 12.4 Å². The van der Waals surface area contributed by atoms with E-state index in [-0.39, 0.29) is 12.6 Å². The van der Waals surface area contributed by atoms with E-state index < -0.39 is 41.0 Å². The Bertz CT molecular complexity index is 1430. The summed E-state index contributed by atoms with van der Waals surface area (Å²) in [5.74, 6) is -0.880. The molecule has 4 rings (SSSR count). The standard InChI is InChI=1S/C30H35F6N5O2/c1-19-5-6-27-26(11-19)22(16-37-27)14-25-18-40(17-20(2)38-43-10-9-39(3)4)7-8-41(25)28(42)21-12-23(29(31,32)33)15-24(13-21)30(34,35)36/h5-6,11-13,15-16,25,37H,7-10,14,17-18H2,1-4H3. The minimum Gasteiger partial charge on any atom is -0.394 e. The summed E-state index contributed by atoms with van der Waals surface area (Å²) in [6.07, 6.45) is -7.95. The number of rotatable bonds is 9. The first-order valence-electron chi connectivity index (χ1n) is 13.8. The highest BCUT2D eigenvalue weighted by molar-refractivity contribution is 5.95. The van der Waals surface area contributed by atoms with Crippen molar-refractivity contribution in [1.29, 1.82) is 0 Å². The number of fused-ring (bicyclic) bond motifs is 1. The monoisotopic (exact) mass is 611 g/mol. The van der Waals surface area contributed by atoms with E-state index in [1.807, 2.05) is 57.2 Å². The minimum absolute atomic E-state index is 0.0310. The van der Waals surface area contributed by atoms with E-state index in [1.54, 1.807) is 0 Å². The van der Waals surface area contributed by atoms with Crippen LogP contribution in [-0.4, -0.2) is 90.8 Å². The van der Waals surface area contributed by atoms with Crippen LogP contribution >= 0.6 is 0 Å². The maximum atomic E-state index is 13.7. The molecule has 1 aliphatic heterocycles. The summed E-state index contributed by atoms with van der Waals surface area (Å²) >= 11 is 0. The van der Waals surface area contributed by atoms with Gasteiger partial charge < -0.3 is 19.6 Å². The smallest absolute Gasteiger partial charge is 0.394 e. The number of H-pyrrole nitrogens is 1. The molecule has 2 aromatic carbocycles. The number of aryl methyl sites for hydroxylation is 1. The SMILES string of the molecule is CC(CN1CCN(C(=O)c2cc(C(F)(F)F)cc(C(F)(F)F)c2)C(Cc2c[nH]c3ccc(C)cc23)C1)=NOCCN(C)C. The van der Waals surface area contributed by atoms with Crippen LogP contribution in [0.5, 0.6) is 0 Å². The summed E-state index contributed by atoms with van der Waals surface area (Å²) in [7, 11) is 3.83. The van der Waals surface area contributed by atoms with Crippen molar-refractivity contribution in [3.05, 3.63) is 70.4 Å². The molecule has 1 amide bonds. The number of hydrogen-bond donors (Lipinski definition) is 1. The summed E-state index contributed by atoms with van der Waals surface area (Å²) in [5.41, 5.74) is -0.188. The van der Waals surface area contributed by atoms with Gasteiger partial charge in [-0.2, -0.15) is 26.3 Å². The number of hydrogen-bond acceptors (Lipinski definition) is 5. The van der Waals surface area contributed by atoms with Gasteiger partial charge in [0.15, 0.2) is 0 Å². The molecule has 1 unspecified atom stereocenters. The van der Waals surface area contributed by atoms with Crippen molar-refractivity contribution in [3.63, 3.8) is 0 Å². The molecule has 1 aromatic heterocycles. The predicted octanol–water partition coefficient (Wildman–Crippen LogP) is 5.84. The second kappa shape index (κ2) is 13.0. The first-order valence-corrected chi connectivity index (χ1v) is 13.8. The highest BCUT2D eigenvalue weighted by Gasteiger charge is 2.39. The third-order valence-electron chi connectivity index (χ3n) is 7.34. The lowest BCUT2D eigenvalue weighted by Gasteiger charge is -2.41. The molecule has 43 heavy (non-hydrogen) atoms. The number of piperazine rings is 1. The summed E-state index contributed by atoms with van der Waals surface area (Å²) in [6.45, 7) is 6.08. The van der Waals surface area contributed by atoms with Crippen molar-refractivity contribution in [2.75, 3.05) is 53.4 Å². The Hall–Kier alpha value is -3.58. The third-order valence-corrected chi connectivity index (χ3v) is 7.34. The number of benzene rings is 2. The van der Waals surface area contributed by atoms with Gasteiger partial charge in [0.05, 0.1) is 16.8 Å². The van der Waals surface area contributed by atoms with E-state index in [0.717, 1.165) is 22.0 Å². The van der Waals surface area contributed by atoms with E-state index in [0.29, 0.717) is 57.1 Å². The van der Waals surface area contributed by atoms with Crippen molar-refractivity contribution >= 4 is 22.5 Å².